The molecule has 0 spiro atoms. The molecule has 36 heavy (non-hydrogen) atoms. The summed E-state index contributed by atoms with van der Waals surface area (Å²) in [5.41, 5.74) is 2.19. The highest BCUT2D eigenvalue weighted by Gasteiger charge is 2.22. The third kappa shape index (κ3) is 5.64. The van der Waals surface area contributed by atoms with Gasteiger partial charge in [-0.15, -0.1) is 6.58 Å². The molecule has 0 unspecified atom stereocenters. The highest BCUT2D eigenvalue weighted by Crippen LogP contribution is 2.27. The SMILES string of the molecule is C=CCN(CC(=O)Nc1nc(-c2ccccc2)cn1-c1ccc(F)c(Cl)c1)C(=O)c1ccccc1Cl. The Kier molecular flexibility index (Phi) is 7.83. The van der Waals surface area contributed by atoms with Crippen LogP contribution < -0.4 is 5.32 Å². The number of halogens is 3. The normalized spacial score (nSPS) is 10.6. The van der Waals surface area contributed by atoms with E-state index in [1.807, 2.05) is 30.3 Å². The highest BCUT2D eigenvalue weighted by atomic mass is 35.5. The van der Waals surface area contributed by atoms with Crippen LogP contribution in [0.5, 0.6) is 0 Å². The average Bonchev–Trinajstić information content (AvgIpc) is 3.29. The summed E-state index contributed by atoms with van der Waals surface area (Å²) >= 11 is 12.2. The first-order valence-electron chi connectivity index (χ1n) is 10.9. The van der Waals surface area contributed by atoms with Crippen LogP contribution in [0.25, 0.3) is 16.9 Å². The van der Waals surface area contributed by atoms with Gasteiger partial charge in [0, 0.05) is 18.3 Å². The number of imidazole rings is 1. The molecule has 182 valence electrons. The Balaban J connectivity index is 1.63. The third-order valence-electron chi connectivity index (χ3n) is 5.28. The van der Waals surface area contributed by atoms with Crippen LogP contribution in [0.15, 0.2) is 91.6 Å². The smallest absolute Gasteiger partial charge is 0.256 e. The predicted molar refractivity (Wildman–Crippen MR) is 140 cm³/mol. The van der Waals surface area contributed by atoms with Crippen molar-refractivity contribution >= 4 is 41.0 Å². The predicted octanol–water partition coefficient (Wildman–Crippen LogP) is 6.25. The summed E-state index contributed by atoms with van der Waals surface area (Å²) in [4.78, 5) is 32.0. The van der Waals surface area contributed by atoms with E-state index in [-0.39, 0.29) is 34.6 Å². The Hall–Kier alpha value is -3.94. The molecule has 0 bridgehead atoms. The van der Waals surface area contributed by atoms with Crippen molar-refractivity contribution in [3.8, 4) is 16.9 Å². The summed E-state index contributed by atoms with van der Waals surface area (Å²) in [6.07, 6.45) is 3.24. The molecular formula is C27H21Cl2FN4O2. The van der Waals surface area contributed by atoms with Gasteiger partial charge in [0.05, 0.1) is 27.0 Å². The van der Waals surface area contributed by atoms with Crippen molar-refractivity contribution in [2.75, 3.05) is 18.4 Å². The monoisotopic (exact) mass is 522 g/mol. The van der Waals surface area contributed by atoms with Crippen LogP contribution in [0.3, 0.4) is 0 Å². The molecule has 0 saturated heterocycles. The third-order valence-corrected chi connectivity index (χ3v) is 5.90. The second kappa shape index (κ2) is 11.2. The van der Waals surface area contributed by atoms with Crippen LogP contribution >= 0.6 is 23.2 Å². The zero-order chi connectivity index (χ0) is 25.7. The topological polar surface area (TPSA) is 67.2 Å². The summed E-state index contributed by atoms with van der Waals surface area (Å²) < 4.78 is 15.4. The van der Waals surface area contributed by atoms with Crippen LogP contribution in [0, 0.1) is 5.82 Å². The van der Waals surface area contributed by atoms with Gasteiger partial charge in [-0.1, -0.05) is 71.7 Å². The molecule has 0 atom stereocenters. The summed E-state index contributed by atoms with van der Waals surface area (Å²) in [6.45, 7) is 3.54. The highest BCUT2D eigenvalue weighted by molar-refractivity contribution is 6.33. The molecule has 0 saturated carbocycles. The molecular weight excluding hydrogens is 502 g/mol. The molecule has 2 amide bonds. The van der Waals surface area contributed by atoms with E-state index in [9.17, 15) is 14.0 Å². The summed E-state index contributed by atoms with van der Waals surface area (Å²) in [7, 11) is 0. The molecule has 1 N–H and O–H groups in total. The molecule has 1 heterocycles. The second-order valence-corrected chi connectivity index (χ2v) is 8.60. The molecule has 0 fully saturated rings. The summed E-state index contributed by atoms with van der Waals surface area (Å²) in [5, 5.41) is 2.98. The van der Waals surface area contributed by atoms with Crippen molar-refractivity contribution in [2.24, 2.45) is 0 Å². The molecule has 3 aromatic carbocycles. The average molecular weight is 523 g/mol. The molecule has 9 heteroatoms. The number of anilines is 1. The molecule has 4 aromatic rings. The van der Waals surface area contributed by atoms with Crippen LogP contribution in [-0.4, -0.2) is 39.4 Å². The molecule has 0 aliphatic heterocycles. The van der Waals surface area contributed by atoms with E-state index in [0.717, 1.165) is 5.56 Å². The van der Waals surface area contributed by atoms with Gasteiger partial charge >= 0.3 is 0 Å². The maximum absolute atomic E-state index is 13.8. The fraction of sp³-hybridized carbons (Fsp3) is 0.0741. The fourth-order valence-electron chi connectivity index (χ4n) is 3.57. The van der Waals surface area contributed by atoms with E-state index in [0.29, 0.717) is 11.4 Å². The first-order chi connectivity index (χ1) is 17.4. The van der Waals surface area contributed by atoms with E-state index < -0.39 is 17.6 Å². The van der Waals surface area contributed by atoms with Crippen molar-refractivity contribution in [2.45, 2.75) is 0 Å². The maximum atomic E-state index is 13.8. The molecule has 0 radical (unpaired) electrons. The Bertz CT molecular complexity index is 1420. The summed E-state index contributed by atoms with van der Waals surface area (Å²) in [6, 6.07) is 20.2. The Morgan fingerprint density at radius 1 is 1.03 bits per heavy atom. The van der Waals surface area contributed by atoms with Gasteiger partial charge in [0.1, 0.15) is 12.4 Å². The van der Waals surface area contributed by atoms with E-state index >= 15 is 0 Å². The number of nitrogens with one attached hydrogen (secondary N) is 1. The molecule has 0 aliphatic carbocycles. The van der Waals surface area contributed by atoms with Crippen molar-refractivity contribution < 1.29 is 14.0 Å². The zero-order valence-corrected chi connectivity index (χ0v) is 20.5. The van der Waals surface area contributed by atoms with Gasteiger partial charge in [-0.25, -0.2) is 9.37 Å². The Morgan fingerprint density at radius 2 is 1.75 bits per heavy atom. The fourth-order valence-corrected chi connectivity index (χ4v) is 3.96. The van der Waals surface area contributed by atoms with Crippen LogP contribution in [0.1, 0.15) is 10.4 Å². The number of hydrogen-bond acceptors (Lipinski definition) is 3. The standard InChI is InChI=1S/C27H21Cl2FN4O2/c1-2-14-33(26(36)20-10-6-7-11-21(20)28)17-25(35)32-27-31-24(18-8-4-3-5-9-18)16-34(27)19-12-13-23(30)22(29)15-19/h2-13,15-16H,1,14,17H2,(H,31,32,35). The Morgan fingerprint density at radius 3 is 2.44 bits per heavy atom. The molecule has 4 rings (SSSR count). The minimum absolute atomic E-state index is 0.0674. The lowest BCUT2D eigenvalue weighted by Crippen LogP contribution is -2.38. The van der Waals surface area contributed by atoms with Gasteiger partial charge in [0.2, 0.25) is 11.9 Å². The number of benzene rings is 3. The number of carbonyl (C=O) groups excluding carboxylic acids is 2. The minimum atomic E-state index is -0.562. The number of nitrogens with zero attached hydrogens (tertiary/aromatic N) is 3. The van der Waals surface area contributed by atoms with Gasteiger partial charge in [-0.3, -0.25) is 19.5 Å². The van der Waals surface area contributed by atoms with E-state index in [1.165, 1.54) is 29.2 Å². The van der Waals surface area contributed by atoms with Gasteiger partial charge in [0.25, 0.3) is 5.91 Å². The molecule has 6 nitrogen and oxygen atoms in total. The first kappa shape index (κ1) is 25.2. The second-order valence-electron chi connectivity index (χ2n) is 7.79. The first-order valence-corrected chi connectivity index (χ1v) is 11.7. The van der Waals surface area contributed by atoms with E-state index in [1.54, 1.807) is 35.0 Å². The Labute approximate surface area is 217 Å². The summed E-state index contributed by atoms with van der Waals surface area (Å²) in [5.74, 6) is -1.27. The molecule has 1 aromatic heterocycles. The van der Waals surface area contributed by atoms with Crippen LogP contribution in [-0.2, 0) is 4.79 Å². The quantitative estimate of drug-likeness (QED) is 0.278. The minimum Gasteiger partial charge on any atom is -0.326 e. The molecule has 0 aliphatic rings. The van der Waals surface area contributed by atoms with Crippen molar-refractivity contribution in [1.29, 1.82) is 0 Å². The lowest BCUT2D eigenvalue weighted by molar-refractivity contribution is -0.116. The van der Waals surface area contributed by atoms with Gasteiger partial charge in [-0.05, 0) is 30.3 Å². The van der Waals surface area contributed by atoms with Crippen molar-refractivity contribution in [3.05, 3.63) is 113 Å². The van der Waals surface area contributed by atoms with Gasteiger partial charge < -0.3 is 4.90 Å². The van der Waals surface area contributed by atoms with Crippen LogP contribution in [0.4, 0.5) is 10.3 Å². The largest absolute Gasteiger partial charge is 0.326 e. The number of hydrogen-bond donors (Lipinski definition) is 1. The van der Waals surface area contributed by atoms with Gasteiger partial charge in [-0.2, -0.15) is 0 Å². The van der Waals surface area contributed by atoms with E-state index in [2.05, 4.69) is 16.9 Å². The number of carbonyl (C=O) groups is 2. The number of aromatic nitrogens is 2. The lowest BCUT2D eigenvalue weighted by atomic mass is 10.2. The number of amides is 2. The van der Waals surface area contributed by atoms with Crippen LogP contribution in [0.2, 0.25) is 10.0 Å². The zero-order valence-electron chi connectivity index (χ0n) is 19.0. The number of rotatable bonds is 8. The van der Waals surface area contributed by atoms with Crippen molar-refractivity contribution in [3.63, 3.8) is 0 Å². The van der Waals surface area contributed by atoms with Gasteiger partial charge in [0.15, 0.2) is 0 Å². The van der Waals surface area contributed by atoms with E-state index in [4.69, 9.17) is 23.2 Å². The maximum Gasteiger partial charge on any atom is 0.256 e. The van der Waals surface area contributed by atoms with Crippen molar-refractivity contribution in [1.82, 2.24) is 14.5 Å². The lowest BCUT2D eigenvalue weighted by Gasteiger charge is -2.21.